The first-order chi connectivity index (χ1) is 8.03. The van der Waals surface area contributed by atoms with Gasteiger partial charge in [0, 0.05) is 23.8 Å². The van der Waals surface area contributed by atoms with Crippen LogP contribution in [-0.4, -0.2) is 13.3 Å². The number of anilines is 1. The Balaban J connectivity index is 2.70. The first kappa shape index (κ1) is 11.9. The van der Waals surface area contributed by atoms with Crippen molar-refractivity contribution in [2.45, 2.75) is 26.2 Å². The van der Waals surface area contributed by atoms with Gasteiger partial charge in [-0.3, -0.25) is 4.79 Å². The van der Waals surface area contributed by atoms with Crippen molar-refractivity contribution in [1.29, 1.82) is 0 Å². The molecule has 1 aliphatic heterocycles. The zero-order valence-electron chi connectivity index (χ0n) is 10.9. The third-order valence-electron chi connectivity index (χ3n) is 4.10. The number of allylic oxidation sites excluding steroid dienone is 2. The van der Waals surface area contributed by atoms with E-state index in [1.165, 1.54) is 11.3 Å². The lowest BCUT2D eigenvalue weighted by Gasteiger charge is -2.32. The van der Waals surface area contributed by atoms with E-state index in [0.29, 0.717) is 5.92 Å². The summed E-state index contributed by atoms with van der Waals surface area (Å²) >= 11 is 0. The molecule has 2 nitrogen and oxygen atoms in total. The summed E-state index contributed by atoms with van der Waals surface area (Å²) in [5.74, 6) is 0.444. The van der Waals surface area contributed by atoms with Gasteiger partial charge in [0.05, 0.1) is 0 Å². The lowest BCUT2D eigenvalue weighted by molar-refractivity contribution is -0.104. The van der Waals surface area contributed by atoms with Gasteiger partial charge < -0.3 is 4.90 Å². The molecule has 17 heavy (non-hydrogen) atoms. The first-order valence-corrected chi connectivity index (χ1v) is 6.02. The van der Waals surface area contributed by atoms with Crippen molar-refractivity contribution in [1.82, 2.24) is 0 Å². The minimum atomic E-state index is -0.0771. The molecule has 2 heteroatoms. The Morgan fingerprint density at radius 2 is 1.94 bits per heavy atom. The highest BCUT2D eigenvalue weighted by Crippen LogP contribution is 2.50. The molecule has 0 amide bonds. The number of nitrogens with zero attached hydrogens (tertiary/aromatic N) is 1. The average Bonchev–Trinajstić information content (AvgIpc) is 2.54. The molecule has 0 N–H and O–H groups in total. The lowest BCUT2D eigenvalue weighted by atomic mass is 9.72. The Morgan fingerprint density at radius 1 is 1.29 bits per heavy atom. The van der Waals surface area contributed by atoms with Crippen LogP contribution in [0, 0.1) is 5.92 Å². The van der Waals surface area contributed by atoms with Gasteiger partial charge in [0.2, 0.25) is 0 Å². The average molecular weight is 229 g/mol. The van der Waals surface area contributed by atoms with Crippen molar-refractivity contribution in [3.8, 4) is 0 Å². The van der Waals surface area contributed by atoms with E-state index >= 15 is 0 Å². The Morgan fingerprint density at radius 3 is 2.53 bits per heavy atom. The third-order valence-corrected chi connectivity index (χ3v) is 4.10. The highest BCUT2D eigenvalue weighted by Gasteiger charge is 2.44. The standard InChI is InChI=1S/C15H19NO/c1-11(2)15(3)12-7-5-6-8-13(12)16(4)14(15)9-10-17/h5-11H,1-4H3/b14-9+. The summed E-state index contributed by atoms with van der Waals surface area (Å²) in [6.45, 7) is 6.62. The summed E-state index contributed by atoms with van der Waals surface area (Å²) in [5, 5.41) is 0. The second-order valence-corrected chi connectivity index (χ2v) is 5.12. The van der Waals surface area contributed by atoms with Gasteiger partial charge in [-0.1, -0.05) is 32.0 Å². The van der Waals surface area contributed by atoms with Crippen molar-refractivity contribution < 1.29 is 4.79 Å². The van der Waals surface area contributed by atoms with E-state index in [4.69, 9.17) is 0 Å². The van der Waals surface area contributed by atoms with E-state index in [1.807, 2.05) is 13.1 Å². The van der Waals surface area contributed by atoms with Crippen molar-refractivity contribution in [3.05, 3.63) is 41.6 Å². The molecule has 0 aliphatic carbocycles. The molecule has 0 bridgehead atoms. The predicted octanol–water partition coefficient (Wildman–Crippen LogP) is 3.13. The number of carbonyl (C=O) groups is 1. The van der Waals surface area contributed by atoms with Gasteiger partial charge in [-0.25, -0.2) is 0 Å². The van der Waals surface area contributed by atoms with Crippen LogP contribution in [0.15, 0.2) is 36.0 Å². The van der Waals surface area contributed by atoms with Gasteiger partial charge in [-0.15, -0.1) is 0 Å². The Hall–Kier alpha value is -1.57. The van der Waals surface area contributed by atoms with E-state index in [1.54, 1.807) is 6.08 Å². The Bertz CT molecular complexity index is 476. The molecule has 1 aromatic rings. The second kappa shape index (κ2) is 4.02. The Kier molecular flexibility index (Phi) is 2.82. The van der Waals surface area contributed by atoms with Gasteiger partial charge in [-0.05, 0) is 30.5 Å². The topological polar surface area (TPSA) is 20.3 Å². The molecule has 90 valence electrons. The summed E-state index contributed by atoms with van der Waals surface area (Å²) in [4.78, 5) is 13.0. The summed E-state index contributed by atoms with van der Waals surface area (Å²) in [6.07, 6.45) is 2.58. The summed E-state index contributed by atoms with van der Waals surface area (Å²) in [7, 11) is 2.03. The molecule has 1 aromatic carbocycles. The Labute approximate surface area is 103 Å². The zero-order chi connectivity index (χ0) is 12.6. The monoisotopic (exact) mass is 229 g/mol. The van der Waals surface area contributed by atoms with Crippen LogP contribution in [0.1, 0.15) is 26.3 Å². The maximum atomic E-state index is 10.9. The van der Waals surface area contributed by atoms with E-state index < -0.39 is 0 Å². The van der Waals surface area contributed by atoms with E-state index in [-0.39, 0.29) is 5.41 Å². The van der Waals surface area contributed by atoms with Gasteiger partial charge in [-0.2, -0.15) is 0 Å². The minimum Gasteiger partial charge on any atom is -0.347 e. The lowest BCUT2D eigenvalue weighted by Crippen LogP contribution is -2.31. The van der Waals surface area contributed by atoms with Crippen LogP contribution in [0.3, 0.4) is 0 Å². The minimum absolute atomic E-state index is 0.0771. The molecular weight excluding hydrogens is 210 g/mol. The van der Waals surface area contributed by atoms with Crippen molar-refractivity contribution in [3.63, 3.8) is 0 Å². The summed E-state index contributed by atoms with van der Waals surface area (Å²) in [5.41, 5.74) is 3.53. The normalized spacial score (nSPS) is 25.5. The van der Waals surface area contributed by atoms with E-state index in [9.17, 15) is 4.79 Å². The molecule has 1 unspecified atom stereocenters. The quantitative estimate of drug-likeness (QED) is 0.573. The fourth-order valence-corrected chi connectivity index (χ4v) is 2.78. The van der Waals surface area contributed by atoms with Crippen LogP contribution in [0.4, 0.5) is 5.69 Å². The molecule has 0 radical (unpaired) electrons. The van der Waals surface area contributed by atoms with E-state index in [2.05, 4.69) is 43.9 Å². The SMILES string of the molecule is CC(C)C1(C)/C(=C\C=O)N(C)c2ccccc21. The zero-order valence-corrected chi connectivity index (χ0v) is 10.9. The number of carbonyl (C=O) groups excluding carboxylic acids is 1. The molecule has 0 saturated carbocycles. The van der Waals surface area contributed by atoms with Crippen molar-refractivity contribution in [2.75, 3.05) is 11.9 Å². The fourth-order valence-electron chi connectivity index (χ4n) is 2.78. The largest absolute Gasteiger partial charge is 0.347 e. The van der Waals surface area contributed by atoms with Crippen molar-refractivity contribution >= 4 is 12.0 Å². The number of likely N-dealkylation sites (N-methyl/N-ethyl adjacent to an activating group) is 1. The highest BCUT2D eigenvalue weighted by atomic mass is 16.1. The van der Waals surface area contributed by atoms with Crippen LogP contribution in [-0.2, 0) is 10.2 Å². The van der Waals surface area contributed by atoms with Gasteiger partial charge in [0.1, 0.15) is 6.29 Å². The van der Waals surface area contributed by atoms with E-state index in [0.717, 1.165) is 12.0 Å². The van der Waals surface area contributed by atoms with Crippen LogP contribution in [0.5, 0.6) is 0 Å². The number of rotatable bonds is 2. The molecule has 1 heterocycles. The second-order valence-electron chi connectivity index (χ2n) is 5.12. The highest BCUT2D eigenvalue weighted by molar-refractivity contribution is 5.76. The van der Waals surface area contributed by atoms with Crippen LogP contribution in [0.2, 0.25) is 0 Å². The molecule has 1 atom stereocenters. The predicted molar refractivity (Wildman–Crippen MR) is 71.2 cm³/mol. The van der Waals surface area contributed by atoms with Gasteiger partial charge in [0.25, 0.3) is 0 Å². The molecule has 0 fully saturated rings. The molecule has 1 aliphatic rings. The number of para-hydroxylation sites is 1. The number of hydrogen-bond donors (Lipinski definition) is 0. The first-order valence-electron chi connectivity index (χ1n) is 6.02. The summed E-state index contributed by atoms with van der Waals surface area (Å²) < 4.78 is 0. The maximum absolute atomic E-state index is 10.9. The van der Waals surface area contributed by atoms with Gasteiger partial charge >= 0.3 is 0 Å². The third kappa shape index (κ3) is 1.51. The molecule has 0 spiro atoms. The molecule has 2 rings (SSSR count). The van der Waals surface area contributed by atoms with Crippen LogP contribution in [0.25, 0.3) is 0 Å². The molecule has 0 aromatic heterocycles. The number of aldehydes is 1. The number of hydrogen-bond acceptors (Lipinski definition) is 2. The maximum Gasteiger partial charge on any atom is 0.144 e. The van der Waals surface area contributed by atoms with Crippen molar-refractivity contribution in [2.24, 2.45) is 5.92 Å². The fraction of sp³-hybridized carbons (Fsp3) is 0.400. The molecule has 0 saturated heterocycles. The van der Waals surface area contributed by atoms with Crippen LogP contribution < -0.4 is 4.90 Å². The molecular formula is C15H19NO. The number of benzene rings is 1. The van der Waals surface area contributed by atoms with Crippen LogP contribution >= 0.6 is 0 Å². The summed E-state index contributed by atoms with van der Waals surface area (Å²) in [6, 6.07) is 8.39. The number of fused-ring (bicyclic) bond motifs is 1. The smallest absolute Gasteiger partial charge is 0.144 e. The van der Waals surface area contributed by atoms with Gasteiger partial charge in [0.15, 0.2) is 0 Å².